The molecule has 0 spiro atoms. The van der Waals surface area contributed by atoms with Crippen LogP contribution in [-0.2, 0) is 4.79 Å². The Kier molecular flexibility index (Phi) is 5.87. The highest BCUT2D eigenvalue weighted by atomic mass is 28.3. The molecule has 0 aliphatic carbocycles. The van der Waals surface area contributed by atoms with Crippen LogP contribution in [0.5, 0.6) is 0 Å². The number of amides is 1. The molecule has 15 heavy (non-hydrogen) atoms. The van der Waals surface area contributed by atoms with Crippen molar-refractivity contribution in [2.45, 2.75) is 52.8 Å². The molecule has 0 saturated carbocycles. The molecule has 2 nitrogen and oxygen atoms in total. The highest BCUT2D eigenvalue weighted by Gasteiger charge is 2.23. The highest BCUT2D eigenvalue weighted by Crippen LogP contribution is 2.16. The molecule has 0 fully saturated rings. The van der Waals surface area contributed by atoms with Crippen LogP contribution in [-0.4, -0.2) is 14.1 Å². The van der Waals surface area contributed by atoms with E-state index in [9.17, 15) is 4.79 Å². The van der Waals surface area contributed by atoms with Gasteiger partial charge in [-0.3, -0.25) is 4.79 Å². The number of hydrogen-bond acceptors (Lipinski definition) is 1. The molecule has 0 bridgehead atoms. The lowest BCUT2D eigenvalue weighted by atomic mass is 10.1. The van der Waals surface area contributed by atoms with Crippen LogP contribution in [0.15, 0.2) is 12.2 Å². The summed E-state index contributed by atoms with van der Waals surface area (Å²) in [7, 11) is -1.57. The second kappa shape index (κ2) is 6.11. The average Bonchev–Trinajstić information content (AvgIpc) is 2.13. The van der Waals surface area contributed by atoms with Crippen LogP contribution in [0.3, 0.4) is 0 Å². The Hall–Kier alpha value is -0.573. The van der Waals surface area contributed by atoms with E-state index >= 15 is 0 Å². The predicted molar refractivity (Wildman–Crippen MR) is 69.3 cm³/mol. The van der Waals surface area contributed by atoms with Crippen molar-refractivity contribution in [2.24, 2.45) is 5.92 Å². The van der Waals surface area contributed by atoms with Gasteiger partial charge >= 0.3 is 0 Å². The molecule has 0 aromatic carbocycles. The lowest BCUT2D eigenvalue weighted by molar-refractivity contribution is -0.116. The van der Waals surface area contributed by atoms with Gasteiger partial charge in [-0.2, -0.15) is 0 Å². The van der Waals surface area contributed by atoms with Gasteiger partial charge in [-0.1, -0.05) is 46.4 Å². The fourth-order valence-electron chi connectivity index (χ4n) is 1.29. The molecule has 0 saturated heterocycles. The number of rotatable bonds is 6. The van der Waals surface area contributed by atoms with E-state index in [-0.39, 0.29) is 5.91 Å². The van der Waals surface area contributed by atoms with Gasteiger partial charge in [-0.15, -0.1) is 0 Å². The molecule has 1 N–H and O–H groups in total. The summed E-state index contributed by atoms with van der Waals surface area (Å²) >= 11 is 0. The van der Waals surface area contributed by atoms with Crippen molar-refractivity contribution in [3.05, 3.63) is 12.2 Å². The second-order valence-corrected chi connectivity index (χ2v) is 9.69. The van der Waals surface area contributed by atoms with Gasteiger partial charge in [0.2, 0.25) is 5.91 Å². The van der Waals surface area contributed by atoms with Gasteiger partial charge in [-0.05, 0) is 18.9 Å². The lowest BCUT2D eigenvalue weighted by Gasteiger charge is -2.25. The molecule has 0 radical (unpaired) electrons. The third-order valence-electron chi connectivity index (χ3n) is 2.80. The number of hydrogen-bond donors (Lipinski definition) is 1. The molecule has 1 atom stereocenters. The van der Waals surface area contributed by atoms with Crippen molar-refractivity contribution < 1.29 is 4.79 Å². The van der Waals surface area contributed by atoms with Crippen LogP contribution in [0.1, 0.15) is 33.6 Å². The number of carbonyl (C=O) groups is 1. The Morgan fingerprint density at radius 2 is 2.00 bits per heavy atom. The minimum Gasteiger partial charge on any atom is -0.378 e. The van der Waals surface area contributed by atoms with E-state index in [1.807, 2.05) is 0 Å². The minimum atomic E-state index is -1.57. The van der Waals surface area contributed by atoms with Crippen molar-refractivity contribution in [3.8, 4) is 0 Å². The zero-order valence-electron chi connectivity index (χ0n) is 10.8. The van der Waals surface area contributed by atoms with Crippen LogP contribution in [0.4, 0.5) is 0 Å². The van der Waals surface area contributed by atoms with Crippen LogP contribution < -0.4 is 4.98 Å². The van der Waals surface area contributed by atoms with Gasteiger partial charge < -0.3 is 4.98 Å². The largest absolute Gasteiger partial charge is 0.378 e. The van der Waals surface area contributed by atoms with Crippen molar-refractivity contribution in [3.63, 3.8) is 0 Å². The molecule has 0 aromatic rings. The van der Waals surface area contributed by atoms with Gasteiger partial charge in [0.1, 0.15) is 0 Å². The van der Waals surface area contributed by atoms with E-state index in [0.29, 0.717) is 5.57 Å². The van der Waals surface area contributed by atoms with E-state index in [1.54, 1.807) is 6.92 Å². The summed E-state index contributed by atoms with van der Waals surface area (Å²) in [5.74, 6) is 0.786. The first-order valence-corrected chi connectivity index (χ1v) is 8.97. The normalized spacial score (nSPS) is 13.4. The molecule has 0 rings (SSSR count). The first-order chi connectivity index (χ1) is 6.78. The van der Waals surface area contributed by atoms with Gasteiger partial charge in [-0.25, -0.2) is 0 Å². The number of carbonyl (C=O) groups excluding carboxylic acids is 1. The Morgan fingerprint density at radius 1 is 1.47 bits per heavy atom. The summed E-state index contributed by atoms with van der Waals surface area (Å²) in [5, 5.41) is 0. The zero-order valence-corrected chi connectivity index (χ0v) is 11.8. The molecular formula is C12H25NOSi. The van der Waals surface area contributed by atoms with Gasteiger partial charge in [0, 0.05) is 5.57 Å². The smallest absolute Gasteiger partial charge is 0.238 e. The van der Waals surface area contributed by atoms with Crippen molar-refractivity contribution in [1.82, 2.24) is 4.98 Å². The molecule has 3 heteroatoms. The SMILES string of the molecule is C=C(C)C(=O)N[Si](C)(C)CCC(C)CC. The maximum absolute atomic E-state index is 11.5. The monoisotopic (exact) mass is 227 g/mol. The van der Waals surface area contributed by atoms with E-state index in [0.717, 1.165) is 12.0 Å². The molecule has 0 aliphatic heterocycles. The van der Waals surface area contributed by atoms with E-state index in [4.69, 9.17) is 0 Å². The zero-order chi connectivity index (χ0) is 12.1. The van der Waals surface area contributed by atoms with Gasteiger partial charge in [0.25, 0.3) is 0 Å². The molecule has 88 valence electrons. The fourth-order valence-corrected chi connectivity index (χ4v) is 3.46. The van der Waals surface area contributed by atoms with Crippen LogP contribution >= 0.6 is 0 Å². The Morgan fingerprint density at radius 3 is 2.40 bits per heavy atom. The fraction of sp³-hybridized carbons (Fsp3) is 0.750. The minimum absolute atomic E-state index is 0.0239. The summed E-state index contributed by atoms with van der Waals surface area (Å²) in [6.07, 6.45) is 2.44. The van der Waals surface area contributed by atoms with Crippen LogP contribution in [0.25, 0.3) is 0 Å². The van der Waals surface area contributed by atoms with E-state index < -0.39 is 8.24 Å². The van der Waals surface area contributed by atoms with E-state index in [1.165, 1.54) is 12.8 Å². The first-order valence-electron chi connectivity index (χ1n) is 5.76. The third kappa shape index (κ3) is 6.50. The predicted octanol–water partition coefficient (Wildman–Crippen LogP) is 3.32. The Labute approximate surface area is 95.2 Å². The van der Waals surface area contributed by atoms with Crippen molar-refractivity contribution in [2.75, 3.05) is 0 Å². The lowest BCUT2D eigenvalue weighted by Crippen LogP contribution is -2.48. The van der Waals surface area contributed by atoms with Crippen molar-refractivity contribution in [1.29, 1.82) is 0 Å². The standard InChI is InChI=1S/C12H25NOSi/c1-7-11(4)8-9-15(5,6)13-12(14)10(2)3/h11H,2,7-9H2,1,3-6H3,(H,13,14). The van der Waals surface area contributed by atoms with Gasteiger partial charge in [0.15, 0.2) is 8.24 Å². The molecule has 1 unspecified atom stereocenters. The van der Waals surface area contributed by atoms with E-state index in [2.05, 4.69) is 38.5 Å². The molecule has 0 heterocycles. The summed E-state index contributed by atoms with van der Waals surface area (Å²) in [6, 6.07) is 1.15. The second-order valence-electron chi connectivity index (χ2n) is 5.17. The summed E-state index contributed by atoms with van der Waals surface area (Å²) in [6.45, 7) is 14.3. The molecular weight excluding hydrogens is 202 g/mol. The quantitative estimate of drug-likeness (QED) is 0.547. The van der Waals surface area contributed by atoms with Crippen LogP contribution in [0.2, 0.25) is 19.1 Å². The van der Waals surface area contributed by atoms with Gasteiger partial charge in [0.05, 0.1) is 0 Å². The summed E-state index contributed by atoms with van der Waals surface area (Å²) in [4.78, 5) is 14.6. The van der Waals surface area contributed by atoms with Crippen molar-refractivity contribution >= 4 is 14.1 Å². The summed E-state index contributed by atoms with van der Waals surface area (Å²) in [5.41, 5.74) is 0.610. The molecule has 1 amide bonds. The summed E-state index contributed by atoms with van der Waals surface area (Å²) < 4.78 is 0. The molecule has 0 aromatic heterocycles. The topological polar surface area (TPSA) is 29.1 Å². The first kappa shape index (κ1) is 14.4. The molecule has 0 aliphatic rings. The number of nitrogens with one attached hydrogen (secondary N) is 1. The Bertz CT molecular complexity index is 236. The average molecular weight is 227 g/mol. The third-order valence-corrected chi connectivity index (χ3v) is 5.24. The Balaban J connectivity index is 4.07. The maximum Gasteiger partial charge on any atom is 0.238 e. The highest BCUT2D eigenvalue weighted by molar-refractivity contribution is 6.77. The maximum atomic E-state index is 11.5. The van der Waals surface area contributed by atoms with Crippen LogP contribution in [0, 0.1) is 5.92 Å².